The second kappa shape index (κ2) is 8.74. The molecule has 106 valence electrons. The van der Waals surface area contributed by atoms with Crippen LogP contribution >= 0.6 is 0 Å². The van der Waals surface area contributed by atoms with Crippen molar-refractivity contribution in [1.29, 1.82) is 0 Å². The van der Waals surface area contributed by atoms with Gasteiger partial charge >= 0.3 is 12.0 Å². The van der Waals surface area contributed by atoms with E-state index in [9.17, 15) is 9.59 Å². The molecule has 0 aromatic carbocycles. The Labute approximate surface area is 108 Å². The summed E-state index contributed by atoms with van der Waals surface area (Å²) in [6.07, 6.45) is 0.801. The highest BCUT2D eigenvalue weighted by Gasteiger charge is 2.24. The van der Waals surface area contributed by atoms with Crippen molar-refractivity contribution in [3.05, 3.63) is 0 Å². The summed E-state index contributed by atoms with van der Waals surface area (Å²) in [7, 11) is 0. The molecule has 0 radical (unpaired) electrons. The van der Waals surface area contributed by atoms with Crippen molar-refractivity contribution in [2.45, 2.75) is 46.3 Å². The molecule has 0 aromatic heterocycles. The van der Waals surface area contributed by atoms with Crippen LogP contribution in [-0.4, -0.2) is 42.4 Å². The first-order chi connectivity index (χ1) is 8.38. The van der Waals surface area contributed by atoms with Crippen molar-refractivity contribution >= 4 is 12.0 Å². The lowest BCUT2D eigenvalue weighted by atomic mass is 9.99. The Bertz CT molecular complexity index is 269. The number of carboxylic acid groups (broad SMARTS) is 1. The number of amides is 2. The molecule has 6 nitrogen and oxygen atoms in total. The maximum absolute atomic E-state index is 11.5. The number of rotatable bonds is 8. The van der Waals surface area contributed by atoms with E-state index in [4.69, 9.17) is 9.84 Å². The maximum atomic E-state index is 11.5. The van der Waals surface area contributed by atoms with Crippen LogP contribution in [0.2, 0.25) is 0 Å². The van der Waals surface area contributed by atoms with E-state index in [0.29, 0.717) is 19.6 Å². The molecule has 0 saturated heterocycles. The van der Waals surface area contributed by atoms with Crippen LogP contribution in [0, 0.1) is 5.92 Å². The lowest BCUT2D eigenvalue weighted by Gasteiger charge is -2.20. The van der Waals surface area contributed by atoms with Gasteiger partial charge in [0.15, 0.2) is 0 Å². The van der Waals surface area contributed by atoms with Crippen LogP contribution in [0.1, 0.15) is 34.1 Å². The van der Waals surface area contributed by atoms with Gasteiger partial charge in [0.1, 0.15) is 6.04 Å². The van der Waals surface area contributed by atoms with E-state index >= 15 is 0 Å². The first kappa shape index (κ1) is 16.7. The van der Waals surface area contributed by atoms with Crippen LogP contribution in [-0.2, 0) is 9.53 Å². The SMILES string of the molecule is CC[C@H](C)[C@H](NC(=O)NCCOC(C)C)C(=O)O. The van der Waals surface area contributed by atoms with Gasteiger partial charge in [0, 0.05) is 6.54 Å². The van der Waals surface area contributed by atoms with Crippen LogP contribution in [0.15, 0.2) is 0 Å². The maximum Gasteiger partial charge on any atom is 0.326 e. The van der Waals surface area contributed by atoms with Gasteiger partial charge in [0.05, 0.1) is 12.7 Å². The van der Waals surface area contributed by atoms with Gasteiger partial charge in [-0.15, -0.1) is 0 Å². The first-order valence-corrected chi connectivity index (χ1v) is 6.27. The lowest BCUT2D eigenvalue weighted by Crippen LogP contribution is -2.49. The molecule has 0 aromatic rings. The molecular weight excluding hydrogens is 236 g/mol. The Morgan fingerprint density at radius 3 is 2.33 bits per heavy atom. The average Bonchev–Trinajstić information content (AvgIpc) is 2.30. The fourth-order valence-electron chi connectivity index (χ4n) is 1.33. The quantitative estimate of drug-likeness (QED) is 0.572. The molecule has 0 fully saturated rings. The van der Waals surface area contributed by atoms with Gasteiger partial charge in [0.2, 0.25) is 0 Å². The number of nitrogens with one attached hydrogen (secondary N) is 2. The number of carboxylic acids is 1. The predicted octanol–water partition coefficient (Wildman–Crippen LogP) is 1.21. The Balaban J connectivity index is 4.00. The molecule has 2 atom stereocenters. The Morgan fingerprint density at radius 1 is 1.28 bits per heavy atom. The van der Waals surface area contributed by atoms with Crippen LogP contribution in [0.25, 0.3) is 0 Å². The highest BCUT2D eigenvalue weighted by molar-refractivity contribution is 5.82. The number of carbonyl (C=O) groups excluding carboxylic acids is 1. The van der Waals surface area contributed by atoms with Crippen LogP contribution in [0.5, 0.6) is 0 Å². The first-order valence-electron chi connectivity index (χ1n) is 6.27. The minimum Gasteiger partial charge on any atom is -0.480 e. The third-order valence-electron chi connectivity index (χ3n) is 2.60. The fraction of sp³-hybridized carbons (Fsp3) is 0.833. The smallest absolute Gasteiger partial charge is 0.326 e. The molecule has 18 heavy (non-hydrogen) atoms. The van der Waals surface area contributed by atoms with E-state index in [1.807, 2.05) is 20.8 Å². The number of hydrogen-bond donors (Lipinski definition) is 3. The van der Waals surface area contributed by atoms with Crippen molar-refractivity contribution < 1.29 is 19.4 Å². The molecule has 6 heteroatoms. The molecule has 0 saturated carbocycles. The Hall–Kier alpha value is -1.30. The summed E-state index contributed by atoms with van der Waals surface area (Å²) in [5.74, 6) is -1.13. The Kier molecular flexibility index (Phi) is 8.11. The summed E-state index contributed by atoms with van der Waals surface area (Å²) >= 11 is 0. The largest absolute Gasteiger partial charge is 0.480 e. The van der Waals surface area contributed by atoms with E-state index < -0.39 is 18.0 Å². The predicted molar refractivity (Wildman–Crippen MR) is 68.5 cm³/mol. The van der Waals surface area contributed by atoms with Gasteiger partial charge in [-0.2, -0.15) is 0 Å². The highest BCUT2D eigenvalue weighted by atomic mass is 16.5. The summed E-state index contributed by atoms with van der Waals surface area (Å²) in [4.78, 5) is 22.5. The minimum absolute atomic E-state index is 0.111. The third kappa shape index (κ3) is 7.11. The number of ether oxygens (including phenoxy) is 1. The standard InChI is InChI=1S/C12H24N2O4/c1-5-9(4)10(11(15)16)14-12(17)13-6-7-18-8(2)3/h8-10H,5-7H2,1-4H3,(H,15,16)(H2,13,14,17)/t9-,10-/m0/s1. The summed E-state index contributed by atoms with van der Waals surface area (Å²) in [6.45, 7) is 8.26. The van der Waals surface area contributed by atoms with Gasteiger partial charge in [-0.3, -0.25) is 0 Å². The molecule has 0 heterocycles. The summed E-state index contributed by atoms with van der Waals surface area (Å²) in [5.41, 5.74) is 0. The summed E-state index contributed by atoms with van der Waals surface area (Å²) < 4.78 is 5.25. The van der Waals surface area contributed by atoms with Gasteiger partial charge in [-0.25, -0.2) is 9.59 Å². The average molecular weight is 260 g/mol. The van der Waals surface area contributed by atoms with E-state index in [-0.39, 0.29) is 12.0 Å². The zero-order valence-electron chi connectivity index (χ0n) is 11.5. The lowest BCUT2D eigenvalue weighted by molar-refractivity contribution is -0.140. The molecule has 0 aliphatic heterocycles. The molecule has 0 aliphatic rings. The van der Waals surface area contributed by atoms with Crippen LogP contribution < -0.4 is 10.6 Å². The van der Waals surface area contributed by atoms with Crippen molar-refractivity contribution in [1.82, 2.24) is 10.6 Å². The molecule has 0 aliphatic carbocycles. The van der Waals surface area contributed by atoms with E-state index in [0.717, 1.165) is 0 Å². The van der Waals surface area contributed by atoms with Crippen LogP contribution in [0.3, 0.4) is 0 Å². The van der Waals surface area contributed by atoms with Gasteiger partial charge in [-0.1, -0.05) is 20.3 Å². The third-order valence-corrected chi connectivity index (χ3v) is 2.60. The van der Waals surface area contributed by atoms with Crippen molar-refractivity contribution in [2.75, 3.05) is 13.2 Å². The second-order valence-electron chi connectivity index (χ2n) is 4.52. The van der Waals surface area contributed by atoms with Gasteiger partial charge in [-0.05, 0) is 19.8 Å². The monoisotopic (exact) mass is 260 g/mol. The van der Waals surface area contributed by atoms with Crippen molar-refractivity contribution in [3.8, 4) is 0 Å². The highest BCUT2D eigenvalue weighted by Crippen LogP contribution is 2.07. The number of aliphatic carboxylic acids is 1. The van der Waals surface area contributed by atoms with E-state index in [1.54, 1.807) is 6.92 Å². The molecule has 2 amide bonds. The normalized spacial score (nSPS) is 14.1. The molecule has 3 N–H and O–H groups in total. The van der Waals surface area contributed by atoms with Crippen molar-refractivity contribution in [3.63, 3.8) is 0 Å². The fourth-order valence-corrected chi connectivity index (χ4v) is 1.33. The van der Waals surface area contributed by atoms with Crippen LogP contribution in [0.4, 0.5) is 4.79 Å². The topological polar surface area (TPSA) is 87.7 Å². The molecule has 0 rings (SSSR count). The van der Waals surface area contributed by atoms with Gasteiger partial charge < -0.3 is 20.5 Å². The molecule has 0 unspecified atom stereocenters. The molecule has 0 spiro atoms. The minimum atomic E-state index is -1.02. The number of carbonyl (C=O) groups is 2. The van der Waals surface area contributed by atoms with E-state index in [2.05, 4.69) is 10.6 Å². The van der Waals surface area contributed by atoms with Crippen molar-refractivity contribution in [2.24, 2.45) is 5.92 Å². The Morgan fingerprint density at radius 2 is 1.89 bits per heavy atom. The van der Waals surface area contributed by atoms with Gasteiger partial charge in [0.25, 0.3) is 0 Å². The summed E-state index contributed by atoms with van der Waals surface area (Å²) in [5, 5.41) is 14.0. The second-order valence-corrected chi connectivity index (χ2v) is 4.52. The molecule has 0 bridgehead atoms. The zero-order chi connectivity index (χ0) is 14.1. The molecular formula is C12H24N2O4. The number of urea groups is 1. The zero-order valence-corrected chi connectivity index (χ0v) is 11.5. The summed E-state index contributed by atoms with van der Waals surface area (Å²) in [6, 6.07) is -1.34. The van der Waals surface area contributed by atoms with E-state index in [1.165, 1.54) is 0 Å². The number of hydrogen-bond acceptors (Lipinski definition) is 3.